The molecule has 2 rings (SSSR count). The van der Waals surface area contributed by atoms with Gasteiger partial charge in [0.05, 0.1) is 0 Å². The second-order valence-corrected chi connectivity index (χ2v) is 5.10. The van der Waals surface area contributed by atoms with Crippen LogP contribution in [0.5, 0.6) is 11.6 Å². The molecule has 0 aliphatic heterocycles. The van der Waals surface area contributed by atoms with Crippen LogP contribution in [0.3, 0.4) is 0 Å². The topological polar surface area (TPSA) is 34.1 Å². The van der Waals surface area contributed by atoms with E-state index >= 15 is 0 Å². The van der Waals surface area contributed by atoms with E-state index in [1.54, 1.807) is 19.1 Å². The number of ether oxygens (including phenoxy) is 1. The molecule has 3 nitrogen and oxygen atoms in total. The molecule has 0 radical (unpaired) electrons. The van der Waals surface area contributed by atoms with Crippen LogP contribution in [0, 0.1) is 12.7 Å². The number of hydrogen-bond acceptors (Lipinski definition) is 3. The molecular formula is C17H21FN2O. The quantitative estimate of drug-likeness (QED) is 0.872. The summed E-state index contributed by atoms with van der Waals surface area (Å²) in [6, 6.07) is 8.71. The largest absolute Gasteiger partial charge is 0.439 e. The summed E-state index contributed by atoms with van der Waals surface area (Å²) in [5.74, 6) is 0.925. The molecule has 0 saturated heterocycles. The lowest BCUT2D eigenvalue weighted by Gasteiger charge is -2.10. The molecule has 0 fully saturated rings. The van der Waals surface area contributed by atoms with Crippen LogP contribution in [0.25, 0.3) is 0 Å². The summed E-state index contributed by atoms with van der Waals surface area (Å²) in [5, 5.41) is 3.13. The zero-order valence-electron chi connectivity index (χ0n) is 12.7. The first-order valence-corrected chi connectivity index (χ1v) is 7.20. The molecule has 0 saturated carbocycles. The van der Waals surface area contributed by atoms with Crippen molar-refractivity contribution in [3.8, 4) is 11.6 Å². The molecule has 1 heterocycles. The minimum Gasteiger partial charge on any atom is -0.439 e. The van der Waals surface area contributed by atoms with Crippen LogP contribution in [-0.4, -0.2) is 12.0 Å². The highest BCUT2D eigenvalue weighted by Crippen LogP contribution is 2.23. The van der Waals surface area contributed by atoms with Gasteiger partial charge in [0, 0.05) is 18.3 Å². The van der Waals surface area contributed by atoms with Crippen molar-refractivity contribution in [2.45, 2.75) is 33.2 Å². The number of nitrogens with zero attached hydrogens (tertiary/aromatic N) is 1. The third-order valence-electron chi connectivity index (χ3n) is 3.15. The number of aryl methyl sites for hydroxylation is 2. The Morgan fingerprint density at radius 2 is 2.05 bits per heavy atom. The van der Waals surface area contributed by atoms with Gasteiger partial charge in [0.15, 0.2) is 0 Å². The van der Waals surface area contributed by atoms with Gasteiger partial charge in [-0.15, -0.1) is 0 Å². The SMILES string of the molecule is CCCc1cc(CNC)cc(Oc2ccc(F)c(C)c2)n1. The monoisotopic (exact) mass is 288 g/mol. The fourth-order valence-electron chi connectivity index (χ4n) is 2.16. The summed E-state index contributed by atoms with van der Waals surface area (Å²) in [5.41, 5.74) is 2.71. The minimum absolute atomic E-state index is 0.231. The van der Waals surface area contributed by atoms with E-state index < -0.39 is 0 Å². The average molecular weight is 288 g/mol. The second-order valence-electron chi connectivity index (χ2n) is 5.10. The van der Waals surface area contributed by atoms with Crippen LogP contribution in [0.15, 0.2) is 30.3 Å². The van der Waals surface area contributed by atoms with Gasteiger partial charge in [-0.1, -0.05) is 13.3 Å². The second kappa shape index (κ2) is 7.18. The molecule has 0 aliphatic rings. The smallest absolute Gasteiger partial charge is 0.219 e. The number of benzene rings is 1. The number of pyridine rings is 1. The van der Waals surface area contributed by atoms with Gasteiger partial charge in [0.2, 0.25) is 5.88 Å². The first kappa shape index (κ1) is 15.4. The van der Waals surface area contributed by atoms with E-state index in [4.69, 9.17) is 4.74 Å². The van der Waals surface area contributed by atoms with Crippen molar-refractivity contribution in [1.82, 2.24) is 10.3 Å². The predicted molar refractivity (Wildman–Crippen MR) is 82.2 cm³/mol. The van der Waals surface area contributed by atoms with Gasteiger partial charge in [-0.2, -0.15) is 0 Å². The molecule has 1 N–H and O–H groups in total. The van der Waals surface area contributed by atoms with E-state index in [0.29, 0.717) is 17.2 Å². The molecule has 0 bridgehead atoms. The Morgan fingerprint density at radius 3 is 2.71 bits per heavy atom. The van der Waals surface area contributed by atoms with Crippen molar-refractivity contribution in [2.75, 3.05) is 7.05 Å². The van der Waals surface area contributed by atoms with Crippen LogP contribution in [0.4, 0.5) is 4.39 Å². The molecule has 4 heteroatoms. The molecule has 0 atom stereocenters. The van der Waals surface area contributed by atoms with Gasteiger partial charge < -0.3 is 10.1 Å². The molecule has 21 heavy (non-hydrogen) atoms. The van der Waals surface area contributed by atoms with E-state index in [-0.39, 0.29) is 5.82 Å². The number of rotatable bonds is 6. The number of nitrogens with one attached hydrogen (secondary N) is 1. The Kier molecular flexibility index (Phi) is 5.28. The van der Waals surface area contributed by atoms with Crippen LogP contribution >= 0.6 is 0 Å². The Bertz CT molecular complexity index is 589. The maximum absolute atomic E-state index is 13.3. The van der Waals surface area contributed by atoms with Crippen LogP contribution in [0.2, 0.25) is 0 Å². The Labute approximate surface area is 125 Å². The fraction of sp³-hybridized carbons (Fsp3) is 0.353. The Morgan fingerprint density at radius 1 is 1.24 bits per heavy atom. The number of halogens is 1. The molecule has 1 aromatic heterocycles. The van der Waals surface area contributed by atoms with E-state index in [2.05, 4.69) is 23.3 Å². The molecule has 0 aliphatic carbocycles. The first-order chi connectivity index (χ1) is 10.1. The van der Waals surface area contributed by atoms with Gasteiger partial charge in [-0.3, -0.25) is 0 Å². The standard InChI is InChI=1S/C17H21FN2O/c1-4-5-14-9-13(11-19-3)10-17(20-14)21-15-6-7-16(18)12(2)8-15/h6-10,19H,4-5,11H2,1-3H3. The fourth-order valence-corrected chi connectivity index (χ4v) is 2.16. The van der Waals surface area contributed by atoms with Crippen molar-refractivity contribution in [3.05, 3.63) is 53.0 Å². The Balaban J connectivity index is 2.26. The summed E-state index contributed by atoms with van der Waals surface area (Å²) in [6.07, 6.45) is 1.95. The highest BCUT2D eigenvalue weighted by Gasteiger charge is 2.06. The lowest BCUT2D eigenvalue weighted by atomic mass is 10.1. The molecular weight excluding hydrogens is 267 g/mol. The van der Waals surface area contributed by atoms with Crippen LogP contribution < -0.4 is 10.1 Å². The van der Waals surface area contributed by atoms with E-state index in [9.17, 15) is 4.39 Å². The molecule has 2 aromatic rings. The number of aromatic nitrogens is 1. The third-order valence-corrected chi connectivity index (χ3v) is 3.15. The van der Waals surface area contributed by atoms with E-state index in [1.165, 1.54) is 6.07 Å². The van der Waals surface area contributed by atoms with Crippen molar-refractivity contribution in [3.63, 3.8) is 0 Å². The van der Waals surface area contributed by atoms with Crippen LogP contribution in [-0.2, 0) is 13.0 Å². The summed E-state index contributed by atoms with van der Waals surface area (Å²) >= 11 is 0. The third kappa shape index (κ3) is 4.26. The molecule has 0 spiro atoms. The maximum Gasteiger partial charge on any atom is 0.219 e. The van der Waals surface area contributed by atoms with E-state index in [0.717, 1.165) is 30.6 Å². The van der Waals surface area contributed by atoms with Crippen molar-refractivity contribution >= 4 is 0 Å². The van der Waals surface area contributed by atoms with Crippen molar-refractivity contribution in [1.29, 1.82) is 0 Å². The maximum atomic E-state index is 13.3. The normalized spacial score (nSPS) is 10.7. The lowest BCUT2D eigenvalue weighted by molar-refractivity contribution is 0.457. The summed E-state index contributed by atoms with van der Waals surface area (Å²) in [7, 11) is 1.91. The molecule has 0 unspecified atom stereocenters. The van der Waals surface area contributed by atoms with Gasteiger partial charge in [0.25, 0.3) is 0 Å². The Hall–Kier alpha value is -1.94. The van der Waals surface area contributed by atoms with Crippen LogP contribution in [0.1, 0.15) is 30.2 Å². The highest BCUT2D eigenvalue weighted by molar-refractivity contribution is 5.34. The van der Waals surface area contributed by atoms with Gasteiger partial charge in [-0.25, -0.2) is 9.37 Å². The summed E-state index contributed by atoms with van der Waals surface area (Å²) in [4.78, 5) is 4.51. The van der Waals surface area contributed by atoms with Gasteiger partial charge >= 0.3 is 0 Å². The van der Waals surface area contributed by atoms with Gasteiger partial charge in [0.1, 0.15) is 11.6 Å². The molecule has 112 valence electrons. The average Bonchev–Trinajstić information content (AvgIpc) is 2.43. The summed E-state index contributed by atoms with van der Waals surface area (Å²) < 4.78 is 19.1. The lowest BCUT2D eigenvalue weighted by Crippen LogP contribution is -2.06. The molecule has 0 amide bonds. The zero-order chi connectivity index (χ0) is 15.2. The van der Waals surface area contributed by atoms with Crippen molar-refractivity contribution < 1.29 is 9.13 Å². The van der Waals surface area contributed by atoms with Gasteiger partial charge in [-0.05, 0) is 55.8 Å². The number of hydrogen-bond donors (Lipinski definition) is 1. The highest BCUT2D eigenvalue weighted by atomic mass is 19.1. The molecule has 1 aromatic carbocycles. The first-order valence-electron chi connectivity index (χ1n) is 7.20. The minimum atomic E-state index is -0.231. The zero-order valence-corrected chi connectivity index (χ0v) is 12.7. The summed E-state index contributed by atoms with van der Waals surface area (Å²) in [6.45, 7) is 4.60. The van der Waals surface area contributed by atoms with E-state index in [1.807, 2.05) is 13.1 Å². The van der Waals surface area contributed by atoms with Crippen molar-refractivity contribution in [2.24, 2.45) is 0 Å². The predicted octanol–water partition coefficient (Wildman–Crippen LogP) is 3.99.